The van der Waals surface area contributed by atoms with Crippen molar-refractivity contribution in [2.75, 3.05) is 24.3 Å². The van der Waals surface area contributed by atoms with Gasteiger partial charge in [-0.15, -0.1) is 0 Å². The molecule has 0 heterocycles. The summed E-state index contributed by atoms with van der Waals surface area (Å²) >= 11 is 0. The molecule has 0 saturated heterocycles. The Morgan fingerprint density at radius 1 is 1.05 bits per heavy atom. The molecule has 1 N–H and O–H groups in total. The molecule has 0 saturated carbocycles. The van der Waals surface area contributed by atoms with E-state index in [0.29, 0.717) is 5.56 Å². The number of aldehydes is 1. The summed E-state index contributed by atoms with van der Waals surface area (Å²) in [5, 5.41) is 2.86. The lowest BCUT2D eigenvalue weighted by Crippen LogP contribution is -2.14. The first-order valence-corrected chi connectivity index (χ1v) is 6.70. The fourth-order valence-corrected chi connectivity index (χ4v) is 1.95. The fraction of sp³-hybridized carbons (Fsp3) is 0.176. The summed E-state index contributed by atoms with van der Waals surface area (Å²) in [5.74, 6) is -0.0774. The quantitative estimate of drug-likeness (QED) is 0.858. The normalized spacial score (nSPS) is 10.0. The molecule has 4 nitrogen and oxygen atoms in total. The van der Waals surface area contributed by atoms with Gasteiger partial charge in [0.05, 0.1) is 6.42 Å². The van der Waals surface area contributed by atoms with Gasteiger partial charge < -0.3 is 10.2 Å². The maximum absolute atomic E-state index is 12.0. The minimum atomic E-state index is -0.0774. The molecular formula is C17H18N2O2. The van der Waals surface area contributed by atoms with Crippen molar-refractivity contribution in [3.8, 4) is 0 Å². The molecule has 0 aromatic heterocycles. The molecular weight excluding hydrogens is 264 g/mol. The number of anilines is 2. The third kappa shape index (κ3) is 4.18. The van der Waals surface area contributed by atoms with E-state index < -0.39 is 0 Å². The van der Waals surface area contributed by atoms with Crippen molar-refractivity contribution in [1.82, 2.24) is 0 Å². The summed E-state index contributed by atoms with van der Waals surface area (Å²) in [6.45, 7) is 0. The Morgan fingerprint density at radius 2 is 1.67 bits per heavy atom. The molecule has 2 aromatic carbocycles. The van der Waals surface area contributed by atoms with E-state index in [-0.39, 0.29) is 12.3 Å². The van der Waals surface area contributed by atoms with Crippen LogP contribution in [0.4, 0.5) is 11.4 Å². The molecule has 2 rings (SSSR count). The minimum absolute atomic E-state index is 0.0774. The van der Waals surface area contributed by atoms with E-state index in [4.69, 9.17) is 0 Å². The molecule has 0 aliphatic carbocycles. The van der Waals surface area contributed by atoms with Gasteiger partial charge in [0.25, 0.3) is 0 Å². The van der Waals surface area contributed by atoms with Crippen LogP contribution in [0.15, 0.2) is 48.5 Å². The molecule has 0 unspecified atom stereocenters. The van der Waals surface area contributed by atoms with E-state index in [1.807, 2.05) is 43.3 Å². The maximum atomic E-state index is 12.0. The van der Waals surface area contributed by atoms with Gasteiger partial charge in [0, 0.05) is 31.0 Å². The van der Waals surface area contributed by atoms with Crippen LogP contribution in [0.1, 0.15) is 15.9 Å². The zero-order valence-electron chi connectivity index (χ0n) is 12.2. The van der Waals surface area contributed by atoms with E-state index in [1.54, 1.807) is 24.3 Å². The summed E-state index contributed by atoms with van der Waals surface area (Å²) in [7, 11) is 3.94. The van der Waals surface area contributed by atoms with Gasteiger partial charge in [0.1, 0.15) is 6.29 Å². The highest BCUT2D eigenvalue weighted by atomic mass is 16.1. The monoisotopic (exact) mass is 282 g/mol. The third-order valence-corrected chi connectivity index (χ3v) is 3.15. The smallest absolute Gasteiger partial charge is 0.228 e. The van der Waals surface area contributed by atoms with Crippen LogP contribution in [0.2, 0.25) is 0 Å². The van der Waals surface area contributed by atoms with Crippen LogP contribution >= 0.6 is 0 Å². The van der Waals surface area contributed by atoms with Gasteiger partial charge in [-0.3, -0.25) is 9.59 Å². The van der Waals surface area contributed by atoms with Gasteiger partial charge >= 0.3 is 0 Å². The van der Waals surface area contributed by atoms with Crippen molar-refractivity contribution in [3.05, 3.63) is 59.7 Å². The van der Waals surface area contributed by atoms with Gasteiger partial charge in [0.2, 0.25) is 5.91 Å². The van der Waals surface area contributed by atoms with E-state index in [9.17, 15) is 9.59 Å². The van der Waals surface area contributed by atoms with Crippen molar-refractivity contribution in [2.24, 2.45) is 0 Å². The second kappa shape index (κ2) is 6.70. The Bertz CT molecular complexity index is 616. The number of hydrogen-bond acceptors (Lipinski definition) is 3. The van der Waals surface area contributed by atoms with Crippen LogP contribution in [0.5, 0.6) is 0 Å². The van der Waals surface area contributed by atoms with Crippen LogP contribution in [0.3, 0.4) is 0 Å². The highest BCUT2D eigenvalue weighted by Crippen LogP contribution is 2.16. The fourth-order valence-electron chi connectivity index (χ4n) is 1.95. The predicted molar refractivity (Wildman–Crippen MR) is 84.9 cm³/mol. The molecule has 0 radical (unpaired) electrons. The Labute approximate surface area is 124 Å². The third-order valence-electron chi connectivity index (χ3n) is 3.15. The number of hydrogen-bond donors (Lipinski definition) is 1. The Kier molecular flexibility index (Phi) is 4.72. The summed E-state index contributed by atoms with van der Waals surface area (Å²) in [6, 6.07) is 14.7. The largest absolute Gasteiger partial charge is 0.378 e. The average Bonchev–Trinajstić information content (AvgIpc) is 2.48. The highest BCUT2D eigenvalue weighted by molar-refractivity contribution is 5.92. The number of nitrogens with zero attached hydrogens (tertiary/aromatic N) is 1. The number of carbonyl (C=O) groups excluding carboxylic acids is 2. The van der Waals surface area contributed by atoms with Crippen LogP contribution in [0.25, 0.3) is 0 Å². The highest BCUT2D eigenvalue weighted by Gasteiger charge is 2.04. The van der Waals surface area contributed by atoms with E-state index in [0.717, 1.165) is 23.2 Å². The zero-order chi connectivity index (χ0) is 15.2. The van der Waals surface area contributed by atoms with Crippen molar-refractivity contribution in [2.45, 2.75) is 6.42 Å². The molecule has 0 atom stereocenters. The average molecular weight is 282 g/mol. The van der Waals surface area contributed by atoms with Gasteiger partial charge in [-0.05, 0) is 29.8 Å². The SMILES string of the molecule is CN(C)c1ccc(NC(=O)Cc2ccc(C=O)cc2)cc1. The lowest BCUT2D eigenvalue weighted by molar-refractivity contribution is -0.115. The molecule has 0 aliphatic rings. The molecule has 1 amide bonds. The summed E-state index contributed by atoms with van der Waals surface area (Å²) in [4.78, 5) is 24.5. The standard InChI is InChI=1S/C17H18N2O2/c1-19(2)16-9-7-15(8-10-16)18-17(21)11-13-3-5-14(12-20)6-4-13/h3-10,12H,11H2,1-2H3,(H,18,21). The van der Waals surface area contributed by atoms with Crippen LogP contribution in [-0.2, 0) is 11.2 Å². The number of benzene rings is 2. The summed E-state index contributed by atoms with van der Waals surface area (Å²) < 4.78 is 0. The van der Waals surface area contributed by atoms with Gasteiger partial charge in [-0.1, -0.05) is 24.3 Å². The van der Waals surface area contributed by atoms with Gasteiger partial charge in [-0.2, -0.15) is 0 Å². The lowest BCUT2D eigenvalue weighted by Gasteiger charge is -2.13. The zero-order valence-corrected chi connectivity index (χ0v) is 12.2. The van der Waals surface area contributed by atoms with Gasteiger partial charge in [0.15, 0.2) is 0 Å². The molecule has 2 aromatic rings. The number of amides is 1. The van der Waals surface area contributed by atoms with Crippen LogP contribution < -0.4 is 10.2 Å². The lowest BCUT2D eigenvalue weighted by atomic mass is 10.1. The number of nitrogens with one attached hydrogen (secondary N) is 1. The van der Waals surface area contributed by atoms with Gasteiger partial charge in [-0.25, -0.2) is 0 Å². The van der Waals surface area contributed by atoms with E-state index in [2.05, 4.69) is 5.32 Å². The molecule has 0 spiro atoms. The number of rotatable bonds is 5. The summed E-state index contributed by atoms with van der Waals surface area (Å²) in [6.07, 6.45) is 1.07. The Balaban J connectivity index is 1.95. The Hall–Kier alpha value is -2.62. The van der Waals surface area contributed by atoms with Crippen molar-refractivity contribution in [1.29, 1.82) is 0 Å². The molecule has 0 aliphatic heterocycles. The maximum Gasteiger partial charge on any atom is 0.228 e. The first-order valence-electron chi connectivity index (χ1n) is 6.70. The first-order chi connectivity index (χ1) is 10.1. The number of carbonyl (C=O) groups is 2. The van der Waals surface area contributed by atoms with Crippen molar-refractivity contribution >= 4 is 23.6 Å². The van der Waals surface area contributed by atoms with E-state index >= 15 is 0 Å². The Morgan fingerprint density at radius 3 is 2.19 bits per heavy atom. The minimum Gasteiger partial charge on any atom is -0.378 e. The molecule has 0 bridgehead atoms. The first kappa shape index (κ1) is 14.8. The predicted octanol–water partition coefficient (Wildman–Crippen LogP) is 2.75. The molecule has 4 heteroatoms. The van der Waals surface area contributed by atoms with Crippen LogP contribution in [0, 0.1) is 0 Å². The second-order valence-electron chi connectivity index (χ2n) is 5.03. The van der Waals surface area contributed by atoms with E-state index in [1.165, 1.54) is 0 Å². The summed E-state index contributed by atoms with van der Waals surface area (Å²) in [5.41, 5.74) is 3.34. The van der Waals surface area contributed by atoms with Crippen LogP contribution in [-0.4, -0.2) is 26.3 Å². The second-order valence-corrected chi connectivity index (χ2v) is 5.03. The molecule has 0 fully saturated rings. The van der Waals surface area contributed by atoms with Crippen molar-refractivity contribution in [3.63, 3.8) is 0 Å². The topological polar surface area (TPSA) is 49.4 Å². The molecule has 108 valence electrons. The molecule has 21 heavy (non-hydrogen) atoms. The van der Waals surface area contributed by atoms with Crippen molar-refractivity contribution < 1.29 is 9.59 Å².